The summed E-state index contributed by atoms with van der Waals surface area (Å²) in [5.41, 5.74) is 0.932. The van der Waals surface area contributed by atoms with Gasteiger partial charge in [0.15, 0.2) is 18.2 Å². The largest absolute Gasteiger partial charge is 0.497 e. The van der Waals surface area contributed by atoms with Crippen molar-refractivity contribution in [2.75, 3.05) is 50.1 Å². The van der Waals surface area contributed by atoms with E-state index in [0.717, 1.165) is 23.1 Å². The first-order chi connectivity index (χ1) is 15.6. The average Bonchev–Trinajstić information content (AvgIpc) is 2.83. The molecule has 1 N–H and O–H groups in total. The number of piperazine rings is 1. The summed E-state index contributed by atoms with van der Waals surface area (Å²) in [4.78, 5) is 20.8. The highest BCUT2D eigenvalue weighted by Gasteiger charge is 2.22. The van der Waals surface area contributed by atoms with E-state index in [1.54, 1.807) is 31.4 Å². The summed E-state index contributed by atoms with van der Waals surface area (Å²) in [6, 6.07) is 16.8. The Hall–Kier alpha value is -3.88. The Kier molecular flexibility index (Phi) is 6.64. The van der Waals surface area contributed by atoms with Crippen molar-refractivity contribution in [3.8, 4) is 11.5 Å². The van der Waals surface area contributed by atoms with Crippen molar-refractivity contribution < 1.29 is 14.3 Å². The summed E-state index contributed by atoms with van der Waals surface area (Å²) in [6.07, 6.45) is 0. The molecule has 1 aliphatic rings. The highest BCUT2D eigenvalue weighted by molar-refractivity contribution is 5.78. The van der Waals surface area contributed by atoms with Gasteiger partial charge in [-0.1, -0.05) is 6.07 Å². The first-order valence-corrected chi connectivity index (χ1v) is 10.4. The van der Waals surface area contributed by atoms with Crippen LogP contribution in [0.1, 0.15) is 5.69 Å². The lowest BCUT2D eigenvalue weighted by molar-refractivity contribution is -0.133. The Labute approximate surface area is 187 Å². The van der Waals surface area contributed by atoms with E-state index >= 15 is 0 Å². The predicted molar refractivity (Wildman–Crippen MR) is 122 cm³/mol. The molecular formula is C23H26N6O3. The van der Waals surface area contributed by atoms with Crippen molar-refractivity contribution in [1.82, 2.24) is 20.1 Å². The molecule has 0 unspecified atom stereocenters. The number of rotatable bonds is 7. The van der Waals surface area contributed by atoms with E-state index in [1.165, 1.54) is 0 Å². The second kappa shape index (κ2) is 9.95. The molecule has 32 heavy (non-hydrogen) atoms. The summed E-state index contributed by atoms with van der Waals surface area (Å²) in [6.45, 7) is 4.55. The molecule has 1 aliphatic heterocycles. The zero-order chi connectivity index (χ0) is 22.3. The maximum absolute atomic E-state index is 12.5. The summed E-state index contributed by atoms with van der Waals surface area (Å²) >= 11 is 0. The van der Waals surface area contributed by atoms with Crippen molar-refractivity contribution in [2.24, 2.45) is 0 Å². The SMILES string of the molecule is COc1ccc(OCC(=O)N2CCN(c3ccc(Nc4cccc(C)n4)nn3)CC2)cc1. The van der Waals surface area contributed by atoms with Crippen molar-refractivity contribution in [1.29, 1.82) is 0 Å². The molecule has 4 rings (SSSR count). The fourth-order valence-electron chi connectivity index (χ4n) is 3.40. The Morgan fingerprint density at radius 1 is 0.938 bits per heavy atom. The fraction of sp³-hybridized carbons (Fsp3) is 0.304. The molecule has 3 heterocycles. The molecule has 1 fully saturated rings. The number of carbonyl (C=O) groups is 1. The number of aromatic nitrogens is 3. The van der Waals surface area contributed by atoms with Gasteiger partial charge in [0.25, 0.3) is 5.91 Å². The van der Waals surface area contributed by atoms with E-state index in [1.807, 2.05) is 42.2 Å². The Bertz CT molecular complexity index is 1030. The molecule has 0 spiro atoms. The molecule has 0 radical (unpaired) electrons. The monoisotopic (exact) mass is 434 g/mol. The number of anilines is 3. The molecule has 2 aromatic heterocycles. The van der Waals surface area contributed by atoms with Crippen LogP contribution in [0.15, 0.2) is 54.6 Å². The number of nitrogens with one attached hydrogen (secondary N) is 1. The zero-order valence-corrected chi connectivity index (χ0v) is 18.2. The van der Waals surface area contributed by atoms with E-state index in [0.29, 0.717) is 37.7 Å². The Balaban J connectivity index is 1.25. The van der Waals surface area contributed by atoms with E-state index in [4.69, 9.17) is 9.47 Å². The average molecular weight is 435 g/mol. The van der Waals surface area contributed by atoms with Crippen LogP contribution in [-0.4, -0.2) is 65.9 Å². The van der Waals surface area contributed by atoms with Crippen LogP contribution in [0.4, 0.5) is 17.5 Å². The first-order valence-electron chi connectivity index (χ1n) is 10.4. The number of pyridine rings is 1. The van der Waals surface area contributed by atoms with Crippen molar-refractivity contribution >= 4 is 23.4 Å². The van der Waals surface area contributed by atoms with Crippen molar-refractivity contribution in [2.45, 2.75) is 6.92 Å². The molecule has 1 saturated heterocycles. The van der Waals surface area contributed by atoms with Gasteiger partial charge in [0.2, 0.25) is 0 Å². The van der Waals surface area contributed by atoms with Crippen LogP contribution in [-0.2, 0) is 4.79 Å². The van der Waals surface area contributed by atoms with Crippen LogP contribution < -0.4 is 19.7 Å². The van der Waals surface area contributed by atoms with E-state index in [9.17, 15) is 4.79 Å². The summed E-state index contributed by atoms with van der Waals surface area (Å²) in [5, 5.41) is 11.7. The number of methoxy groups -OCH3 is 1. The molecule has 0 bridgehead atoms. The van der Waals surface area contributed by atoms with Gasteiger partial charge in [-0.3, -0.25) is 4.79 Å². The molecule has 9 heteroatoms. The van der Waals surface area contributed by atoms with Gasteiger partial charge in [0.1, 0.15) is 17.3 Å². The van der Waals surface area contributed by atoms with Gasteiger partial charge in [-0.2, -0.15) is 0 Å². The second-order valence-electron chi connectivity index (χ2n) is 7.40. The van der Waals surface area contributed by atoms with Gasteiger partial charge >= 0.3 is 0 Å². The van der Waals surface area contributed by atoms with Crippen LogP contribution in [0.5, 0.6) is 11.5 Å². The smallest absolute Gasteiger partial charge is 0.260 e. The summed E-state index contributed by atoms with van der Waals surface area (Å²) in [7, 11) is 1.61. The van der Waals surface area contributed by atoms with Gasteiger partial charge in [-0.15, -0.1) is 10.2 Å². The third-order valence-corrected chi connectivity index (χ3v) is 5.17. The molecule has 0 atom stereocenters. The molecular weight excluding hydrogens is 408 g/mol. The Morgan fingerprint density at radius 3 is 2.34 bits per heavy atom. The number of hydrogen-bond acceptors (Lipinski definition) is 8. The van der Waals surface area contributed by atoms with E-state index in [2.05, 4.69) is 25.4 Å². The zero-order valence-electron chi connectivity index (χ0n) is 18.2. The Morgan fingerprint density at radius 2 is 1.69 bits per heavy atom. The third kappa shape index (κ3) is 5.42. The quantitative estimate of drug-likeness (QED) is 0.607. The van der Waals surface area contributed by atoms with Crippen molar-refractivity contribution in [3.05, 3.63) is 60.3 Å². The molecule has 0 saturated carbocycles. The van der Waals surface area contributed by atoms with Crippen LogP contribution in [0, 0.1) is 6.92 Å². The van der Waals surface area contributed by atoms with Gasteiger partial charge in [0, 0.05) is 31.9 Å². The van der Waals surface area contributed by atoms with Gasteiger partial charge in [-0.25, -0.2) is 4.98 Å². The minimum atomic E-state index is -0.0308. The second-order valence-corrected chi connectivity index (χ2v) is 7.40. The molecule has 1 aromatic carbocycles. The molecule has 0 aliphatic carbocycles. The van der Waals surface area contributed by atoms with E-state index < -0.39 is 0 Å². The van der Waals surface area contributed by atoms with Gasteiger partial charge in [0.05, 0.1) is 7.11 Å². The van der Waals surface area contributed by atoms with Crippen LogP contribution in [0.2, 0.25) is 0 Å². The van der Waals surface area contributed by atoms with E-state index in [-0.39, 0.29) is 12.5 Å². The lowest BCUT2D eigenvalue weighted by Crippen LogP contribution is -2.50. The van der Waals surface area contributed by atoms with Gasteiger partial charge in [-0.05, 0) is 55.5 Å². The van der Waals surface area contributed by atoms with Crippen LogP contribution in [0.25, 0.3) is 0 Å². The van der Waals surface area contributed by atoms with Gasteiger partial charge < -0.3 is 24.6 Å². The van der Waals surface area contributed by atoms with Crippen LogP contribution >= 0.6 is 0 Å². The molecule has 166 valence electrons. The standard InChI is InChI=1S/C23H26N6O3/c1-17-4-3-5-20(24-17)25-21-10-11-22(27-26-21)28-12-14-29(15-13-28)23(30)16-32-19-8-6-18(31-2)7-9-19/h3-11H,12-16H2,1-2H3,(H,24,25,26). The number of aryl methyl sites for hydroxylation is 1. The minimum absolute atomic E-state index is 0.0134. The number of ether oxygens (including phenoxy) is 2. The predicted octanol–water partition coefficient (Wildman–Crippen LogP) is 2.66. The maximum atomic E-state index is 12.5. The lowest BCUT2D eigenvalue weighted by Gasteiger charge is -2.35. The number of nitrogens with zero attached hydrogens (tertiary/aromatic N) is 5. The normalized spacial score (nSPS) is 13.6. The summed E-state index contributed by atoms with van der Waals surface area (Å²) in [5.74, 6) is 3.51. The third-order valence-electron chi connectivity index (χ3n) is 5.17. The van der Waals surface area contributed by atoms with Crippen molar-refractivity contribution in [3.63, 3.8) is 0 Å². The molecule has 9 nitrogen and oxygen atoms in total. The fourth-order valence-corrected chi connectivity index (χ4v) is 3.40. The van der Waals surface area contributed by atoms with Crippen LogP contribution in [0.3, 0.4) is 0 Å². The number of amides is 1. The summed E-state index contributed by atoms with van der Waals surface area (Å²) < 4.78 is 10.7. The minimum Gasteiger partial charge on any atom is -0.497 e. The number of benzene rings is 1. The molecule has 1 amide bonds. The lowest BCUT2D eigenvalue weighted by atomic mass is 10.3. The molecule has 3 aromatic rings. The highest BCUT2D eigenvalue weighted by atomic mass is 16.5. The first kappa shape index (κ1) is 21.4. The number of carbonyl (C=O) groups excluding carboxylic acids is 1. The topological polar surface area (TPSA) is 92.7 Å². The maximum Gasteiger partial charge on any atom is 0.260 e. The number of hydrogen-bond donors (Lipinski definition) is 1. The highest BCUT2D eigenvalue weighted by Crippen LogP contribution is 2.18.